The van der Waals surface area contributed by atoms with Gasteiger partial charge in [0.25, 0.3) is 0 Å². The number of furan rings is 1. The van der Waals surface area contributed by atoms with E-state index < -0.39 is 0 Å². The number of carbonyl (C=O) groups excluding carboxylic acids is 1. The van der Waals surface area contributed by atoms with Gasteiger partial charge in [-0.3, -0.25) is 14.6 Å². The quantitative estimate of drug-likeness (QED) is 0.655. The van der Waals surface area contributed by atoms with Crippen LogP contribution in [0.4, 0.5) is 0 Å². The van der Waals surface area contributed by atoms with Crippen molar-refractivity contribution in [1.29, 1.82) is 0 Å². The van der Waals surface area contributed by atoms with Crippen molar-refractivity contribution >= 4 is 5.91 Å². The summed E-state index contributed by atoms with van der Waals surface area (Å²) < 4.78 is 10.7. The van der Waals surface area contributed by atoms with Gasteiger partial charge in [0.1, 0.15) is 5.76 Å². The Kier molecular flexibility index (Phi) is 6.02. The van der Waals surface area contributed by atoms with Crippen LogP contribution in [-0.4, -0.2) is 58.6 Å². The van der Waals surface area contributed by atoms with Gasteiger partial charge in [0.15, 0.2) is 0 Å². The summed E-state index contributed by atoms with van der Waals surface area (Å²) in [6.45, 7) is 6.84. The van der Waals surface area contributed by atoms with Crippen LogP contribution in [0.2, 0.25) is 0 Å². The van der Waals surface area contributed by atoms with E-state index in [0.717, 1.165) is 43.1 Å². The normalized spacial score (nSPS) is 15.5. The number of hydrogen-bond donors (Lipinski definition) is 1. The average molecular weight is 395 g/mol. The van der Waals surface area contributed by atoms with Gasteiger partial charge in [-0.15, -0.1) is 0 Å². The Morgan fingerprint density at radius 3 is 2.66 bits per heavy atom. The SMILES string of the molecule is Cc1ccccc1-c1noc(CN2CCN(CC(=O)NCc3ccco3)CC2)n1. The minimum absolute atomic E-state index is 0.00891. The van der Waals surface area contributed by atoms with Crippen LogP contribution in [0.3, 0.4) is 0 Å². The first-order valence-corrected chi connectivity index (χ1v) is 9.80. The fourth-order valence-corrected chi connectivity index (χ4v) is 3.41. The molecule has 1 amide bonds. The van der Waals surface area contributed by atoms with E-state index in [1.165, 1.54) is 0 Å². The molecule has 0 spiro atoms. The van der Waals surface area contributed by atoms with Crippen molar-refractivity contribution in [2.45, 2.75) is 20.0 Å². The Bertz CT molecular complexity index is 929. The Morgan fingerprint density at radius 2 is 1.90 bits per heavy atom. The fraction of sp³-hybridized carbons (Fsp3) is 0.381. The van der Waals surface area contributed by atoms with Crippen molar-refractivity contribution in [3.8, 4) is 11.4 Å². The third-order valence-electron chi connectivity index (χ3n) is 5.08. The van der Waals surface area contributed by atoms with E-state index >= 15 is 0 Å². The number of amides is 1. The van der Waals surface area contributed by atoms with Crippen molar-refractivity contribution in [3.63, 3.8) is 0 Å². The topological polar surface area (TPSA) is 87.6 Å². The fourth-order valence-electron chi connectivity index (χ4n) is 3.41. The zero-order chi connectivity index (χ0) is 20.1. The smallest absolute Gasteiger partial charge is 0.241 e. The summed E-state index contributed by atoms with van der Waals surface area (Å²) in [5.74, 6) is 2.01. The molecule has 4 rings (SSSR count). The van der Waals surface area contributed by atoms with Crippen molar-refractivity contribution in [3.05, 3.63) is 59.9 Å². The van der Waals surface area contributed by atoms with Crippen LogP contribution in [0.25, 0.3) is 11.4 Å². The lowest BCUT2D eigenvalue weighted by molar-refractivity contribution is -0.123. The summed E-state index contributed by atoms with van der Waals surface area (Å²) in [5, 5.41) is 7.01. The van der Waals surface area contributed by atoms with Crippen molar-refractivity contribution in [2.24, 2.45) is 0 Å². The molecule has 1 fully saturated rings. The van der Waals surface area contributed by atoms with Gasteiger partial charge in [-0.2, -0.15) is 4.98 Å². The van der Waals surface area contributed by atoms with Crippen molar-refractivity contribution < 1.29 is 13.7 Å². The second-order valence-electron chi connectivity index (χ2n) is 7.24. The Labute approximate surface area is 169 Å². The highest BCUT2D eigenvalue weighted by atomic mass is 16.5. The molecule has 1 aromatic carbocycles. The van der Waals surface area contributed by atoms with Gasteiger partial charge in [-0.05, 0) is 24.6 Å². The lowest BCUT2D eigenvalue weighted by Crippen LogP contribution is -2.49. The second kappa shape index (κ2) is 9.02. The van der Waals surface area contributed by atoms with E-state index in [2.05, 4.69) is 25.3 Å². The van der Waals surface area contributed by atoms with E-state index in [0.29, 0.717) is 31.3 Å². The Balaban J connectivity index is 1.22. The van der Waals surface area contributed by atoms with Crippen molar-refractivity contribution in [1.82, 2.24) is 25.3 Å². The molecular weight excluding hydrogens is 370 g/mol. The van der Waals surface area contributed by atoms with Crippen LogP contribution in [0.1, 0.15) is 17.2 Å². The summed E-state index contributed by atoms with van der Waals surface area (Å²) in [7, 11) is 0. The third kappa shape index (κ3) is 5.10. The highest BCUT2D eigenvalue weighted by Gasteiger charge is 2.21. The molecule has 0 saturated carbocycles. The number of nitrogens with zero attached hydrogens (tertiary/aromatic N) is 4. The lowest BCUT2D eigenvalue weighted by Gasteiger charge is -2.33. The van der Waals surface area contributed by atoms with Crippen LogP contribution in [0, 0.1) is 6.92 Å². The summed E-state index contributed by atoms with van der Waals surface area (Å²) in [5.41, 5.74) is 2.12. The van der Waals surface area contributed by atoms with E-state index in [1.54, 1.807) is 6.26 Å². The minimum atomic E-state index is 0.00891. The number of aryl methyl sites for hydroxylation is 1. The molecule has 0 bridgehead atoms. The first kappa shape index (κ1) is 19.4. The molecule has 0 radical (unpaired) electrons. The molecule has 2 aromatic heterocycles. The molecule has 1 aliphatic rings. The average Bonchev–Trinajstić information content (AvgIpc) is 3.40. The first-order chi connectivity index (χ1) is 14.2. The summed E-state index contributed by atoms with van der Waals surface area (Å²) in [6, 6.07) is 11.7. The number of hydrogen-bond acceptors (Lipinski definition) is 7. The summed E-state index contributed by atoms with van der Waals surface area (Å²) >= 11 is 0. The Hall–Kier alpha value is -2.97. The predicted octanol–water partition coefficient (Wildman–Crippen LogP) is 2.07. The number of piperazine rings is 1. The third-order valence-corrected chi connectivity index (χ3v) is 5.08. The van der Waals surface area contributed by atoms with Crippen LogP contribution in [0.5, 0.6) is 0 Å². The van der Waals surface area contributed by atoms with Crippen molar-refractivity contribution in [2.75, 3.05) is 32.7 Å². The zero-order valence-electron chi connectivity index (χ0n) is 16.5. The van der Waals surface area contributed by atoms with Crippen LogP contribution in [0.15, 0.2) is 51.6 Å². The molecule has 152 valence electrons. The number of rotatable bonds is 7. The van der Waals surface area contributed by atoms with Gasteiger partial charge >= 0.3 is 0 Å². The number of aromatic nitrogens is 2. The molecule has 3 heterocycles. The molecule has 1 aliphatic heterocycles. The standard InChI is InChI=1S/C21H25N5O3/c1-16-5-2-3-7-18(16)21-23-20(29-24-21)15-26-10-8-25(9-11-26)14-19(27)22-13-17-6-4-12-28-17/h2-7,12H,8-11,13-15H2,1H3,(H,22,27). The number of carbonyl (C=O) groups is 1. The molecule has 29 heavy (non-hydrogen) atoms. The van der Waals surface area contributed by atoms with Gasteiger partial charge in [0.2, 0.25) is 17.6 Å². The molecule has 8 heteroatoms. The molecule has 3 aromatic rings. The molecule has 1 saturated heterocycles. The van der Waals surface area contributed by atoms with E-state index in [1.807, 2.05) is 43.3 Å². The van der Waals surface area contributed by atoms with Gasteiger partial charge in [-0.25, -0.2) is 0 Å². The molecule has 0 atom stereocenters. The minimum Gasteiger partial charge on any atom is -0.467 e. The van der Waals surface area contributed by atoms with Crippen LogP contribution < -0.4 is 5.32 Å². The van der Waals surface area contributed by atoms with E-state index in [4.69, 9.17) is 8.94 Å². The zero-order valence-corrected chi connectivity index (χ0v) is 16.5. The second-order valence-corrected chi connectivity index (χ2v) is 7.24. The van der Waals surface area contributed by atoms with Gasteiger partial charge in [0.05, 0.1) is 25.9 Å². The number of benzene rings is 1. The first-order valence-electron chi connectivity index (χ1n) is 9.80. The van der Waals surface area contributed by atoms with E-state index in [9.17, 15) is 4.79 Å². The lowest BCUT2D eigenvalue weighted by atomic mass is 10.1. The highest BCUT2D eigenvalue weighted by molar-refractivity contribution is 5.77. The van der Waals surface area contributed by atoms with Gasteiger partial charge in [0, 0.05) is 31.7 Å². The molecular formula is C21H25N5O3. The molecule has 1 N–H and O–H groups in total. The number of nitrogens with one attached hydrogen (secondary N) is 1. The molecule has 8 nitrogen and oxygen atoms in total. The van der Waals surface area contributed by atoms with Crippen LogP contribution >= 0.6 is 0 Å². The highest BCUT2D eigenvalue weighted by Crippen LogP contribution is 2.20. The van der Waals surface area contributed by atoms with Gasteiger partial charge < -0.3 is 14.3 Å². The maximum Gasteiger partial charge on any atom is 0.241 e. The maximum atomic E-state index is 12.1. The summed E-state index contributed by atoms with van der Waals surface area (Å²) in [6.07, 6.45) is 1.61. The Morgan fingerprint density at radius 1 is 1.10 bits per heavy atom. The largest absolute Gasteiger partial charge is 0.467 e. The molecule has 0 unspecified atom stereocenters. The van der Waals surface area contributed by atoms with Gasteiger partial charge in [-0.1, -0.05) is 29.4 Å². The molecule has 0 aliphatic carbocycles. The predicted molar refractivity (Wildman–Crippen MR) is 107 cm³/mol. The summed E-state index contributed by atoms with van der Waals surface area (Å²) in [4.78, 5) is 21.1. The van der Waals surface area contributed by atoms with E-state index in [-0.39, 0.29) is 5.91 Å². The maximum absolute atomic E-state index is 12.1. The monoisotopic (exact) mass is 395 g/mol. The van der Waals surface area contributed by atoms with Crippen LogP contribution in [-0.2, 0) is 17.9 Å².